The Morgan fingerprint density at radius 1 is 1.54 bits per heavy atom. The number of halogens is 2. The predicted octanol–water partition coefficient (Wildman–Crippen LogP) is 2.26. The maximum absolute atomic E-state index is 5.79. The lowest BCUT2D eigenvalue weighted by atomic mass is 10.3. The molecule has 0 aromatic heterocycles. The van der Waals surface area contributed by atoms with Crippen molar-refractivity contribution < 1.29 is 0 Å². The van der Waals surface area contributed by atoms with Crippen LogP contribution in [0.3, 0.4) is 0 Å². The summed E-state index contributed by atoms with van der Waals surface area (Å²) in [5.41, 5.74) is 3.09. The molecule has 1 aromatic carbocycles. The SMILES string of the molecule is NNC(=S)Nc1cc(Cl)ccc1Br. The van der Waals surface area contributed by atoms with E-state index in [-0.39, 0.29) is 0 Å². The molecule has 1 rings (SSSR count). The first-order valence-electron chi connectivity index (χ1n) is 3.36. The van der Waals surface area contributed by atoms with Gasteiger partial charge in [0.05, 0.1) is 5.69 Å². The zero-order chi connectivity index (χ0) is 9.84. The normalized spacial score (nSPS) is 9.46. The van der Waals surface area contributed by atoms with Crippen LogP contribution in [-0.2, 0) is 0 Å². The Morgan fingerprint density at radius 2 is 2.23 bits per heavy atom. The van der Waals surface area contributed by atoms with E-state index in [1.807, 2.05) is 6.07 Å². The van der Waals surface area contributed by atoms with Gasteiger partial charge < -0.3 is 10.7 Å². The summed E-state index contributed by atoms with van der Waals surface area (Å²) in [6.45, 7) is 0. The Hall–Kier alpha value is -0.360. The number of hydrogen-bond donors (Lipinski definition) is 3. The number of thiocarbonyl (C=S) groups is 1. The monoisotopic (exact) mass is 279 g/mol. The highest BCUT2D eigenvalue weighted by molar-refractivity contribution is 9.10. The van der Waals surface area contributed by atoms with Gasteiger partial charge in [0.1, 0.15) is 0 Å². The van der Waals surface area contributed by atoms with E-state index >= 15 is 0 Å². The minimum atomic E-state index is 0.336. The lowest BCUT2D eigenvalue weighted by Crippen LogP contribution is -2.34. The fraction of sp³-hybridized carbons (Fsp3) is 0. The molecule has 3 nitrogen and oxygen atoms in total. The fourth-order valence-corrected chi connectivity index (χ4v) is 1.38. The summed E-state index contributed by atoms with van der Waals surface area (Å²) >= 11 is 14.0. The van der Waals surface area contributed by atoms with Gasteiger partial charge in [0.25, 0.3) is 0 Å². The van der Waals surface area contributed by atoms with Gasteiger partial charge in [-0.25, -0.2) is 5.84 Å². The molecular weight excluding hydrogens is 274 g/mol. The highest BCUT2D eigenvalue weighted by Gasteiger charge is 2.01. The maximum atomic E-state index is 5.79. The predicted molar refractivity (Wildman–Crippen MR) is 62.7 cm³/mol. The number of anilines is 1. The molecule has 0 fully saturated rings. The number of nitrogens with one attached hydrogen (secondary N) is 2. The van der Waals surface area contributed by atoms with E-state index in [2.05, 4.69) is 26.7 Å². The highest BCUT2D eigenvalue weighted by atomic mass is 79.9. The van der Waals surface area contributed by atoms with E-state index in [4.69, 9.17) is 29.7 Å². The number of rotatable bonds is 1. The second-order valence-electron chi connectivity index (χ2n) is 2.22. The molecule has 0 aliphatic rings. The molecule has 0 saturated carbocycles. The number of hydrogen-bond acceptors (Lipinski definition) is 2. The molecule has 0 saturated heterocycles. The van der Waals surface area contributed by atoms with Crippen LogP contribution in [0.4, 0.5) is 5.69 Å². The quantitative estimate of drug-likeness (QED) is 0.420. The van der Waals surface area contributed by atoms with Crippen LogP contribution in [-0.4, -0.2) is 5.11 Å². The zero-order valence-electron chi connectivity index (χ0n) is 6.47. The third-order valence-electron chi connectivity index (χ3n) is 1.31. The molecule has 0 amide bonds. The van der Waals surface area contributed by atoms with Crippen LogP contribution in [0.1, 0.15) is 0 Å². The van der Waals surface area contributed by atoms with Gasteiger partial charge in [0.15, 0.2) is 5.11 Å². The van der Waals surface area contributed by atoms with Crippen molar-refractivity contribution in [1.29, 1.82) is 0 Å². The van der Waals surface area contributed by atoms with E-state index in [0.717, 1.165) is 10.2 Å². The Bertz CT molecular complexity index is 332. The van der Waals surface area contributed by atoms with E-state index < -0.39 is 0 Å². The molecule has 0 unspecified atom stereocenters. The van der Waals surface area contributed by atoms with Crippen LogP contribution in [0.15, 0.2) is 22.7 Å². The standard InChI is InChI=1S/C7H7BrClN3S/c8-5-2-1-4(9)3-6(5)11-7(13)12-10/h1-3H,10H2,(H2,11,12,13). The lowest BCUT2D eigenvalue weighted by molar-refractivity contribution is 1.04. The van der Waals surface area contributed by atoms with Crippen LogP contribution in [0.25, 0.3) is 0 Å². The van der Waals surface area contributed by atoms with E-state index in [9.17, 15) is 0 Å². The first kappa shape index (κ1) is 10.7. The highest BCUT2D eigenvalue weighted by Crippen LogP contribution is 2.25. The van der Waals surface area contributed by atoms with Crippen molar-refractivity contribution in [2.45, 2.75) is 0 Å². The molecule has 1 aromatic rings. The van der Waals surface area contributed by atoms with Crippen LogP contribution >= 0.6 is 39.7 Å². The Morgan fingerprint density at radius 3 is 2.85 bits per heavy atom. The summed E-state index contributed by atoms with van der Waals surface area (Å²) < 4.78 is 0.870. The van der Waals surface area contributed by atoms with Crippen molar-refractivity contribution in [2.24, 2.45) is 5.84 Å². The summed E-state index contributed by atoms with van der Waals surface area (Å²) in [5, 5.41) is 3.83. The van der Waals surface area contributed by atoms with Gasteiger partial charge in [-0.1, -0.05) is 11.6 Å². The summed E-state index contributed by atoms with van der Waals surface area (Å²) in [6, 6.07) is 5.34. The van der Waals surface area contributed by atoms with Crippen molar-refractivity contribution in [3.63, 3.8) is 0 Å². The summed E-state index contributed by atoms with van der Waals surface area (Å²) in [4.78, 5) is 0. The van der Waals surface area contributed by atoms with E-state index in [1.54, 1.807) is 12.1 Å². The summed E-state index contributed by atoms with van der Waals surface area (Å²) in [6.07, 6.45) is 0. The van der Waals surface area contributed by atoms with Crippen molar-refractivity contribution in [1.82, 2.24) is 5.43 Å². The summed E-state index contributed by atoms with van der Waals surface area (Å²) in [5.74, 6) is 5.11. The van der Waals surface area contributed by atoms with Crippen molar-refractivity contribution in [2.75, 3.05) is 5.32 Å². The van der Waals surface area contributed by atoms with Gasteiger partial charge in [-0.2, -0.15) is 0 Å². The molecule has 0 heterocycles. The van der Waals surface area contributed by atoms with Gasteiger partial charge in [-0.15, -0.1) is 0 Å². The lowest BCUT2D eigenvalue weighted by Gasteiger charge is -2.08. The molecule has 13 heavy (non-hydrogen) atoms. The minimum absolute atomic E-state index is 0.336. The molecule has 0 aliphatic carbocycles. The Balaban J connectivity index is 2.87. The maximum Gasteiger partial charge on any atom is 0.185 e. The number of hydrazine groups is 1. The topological polar surface area (TPSA) is 50.1 Å². The third-order valence-corrected chi connectivity index (χ3v) is 2.45. The van der Waals surface area contributed by atoms with Crippen LogP contribution in [0.2, 0.25) is 5.02 Å². The molecule has 4 N–H and O–H groups in total. The van der Waals surface area contributed by atoms with Crippen LogP contribution < -0.4 is 16.6 Å². The van der Waals surface area contributed by atoms with Crippen LogP contribution in [0.5, 0.6) is 0 Å². The van der Waals surface area contributed by atoms with Crippen molar-refractivity contribution in [3.8, 4) is 0 Å². The van der Waals surface area contributed by atoms with Crippen LogP contribution in [0, 0.1) is 0 Å². The summed E-state index contributed by atoms with van der Waals surface area (Å²) in [7, 11) is 0. The van der Waals surface area contributed by atoms with Gasteiger partial charge in [0.2, 0.25) is 0 Å². The molecule has 0 spiro atoms. The molecule has 0 aliphatic heterocycles. The second-order valence-corrected chi connectivity index (χ2v) is 3.92. The first-order valence-corrected chi connectivity index (χ1v) is 4.94. The van der Waals surface area contributed by atoms with Gasteiger partial charge >= 0.3 is 0 Å². The largest absolute Gasteiger partial charge is 0.331 e. The van der Waals surface area contributed by atoms with Crippen molar-refractivity contribution in [3.05, 3.63) is 27.7 Å². The average molecular weight is 281 g/mol. The van der Waals surface area contributed by atoms with Gasteiger partial charge in [-0.3, -0.25) is 0 Å². The Labute approximate surface area is 94.7 Å². The second kappa shape index (κ2) is 4.76. The van der Waals surface area contributed by atoms with Gasteiger partial charge in [-0.05, 0) is 46.3 Å². The minimum Gasteiger partial charge on any atom is -0.331 e. The molecule has 0 bridgehead atoms. The average Bonchev–Trinajstić information content (AvgIpc) is 2.11. The van der Waals surface area contributed by atoms with Crippen molar-refractivity contribution >= 4 is 50.5 Å². The third kappa shape index (κ3) is 3.11. The first-order chi connectivity index (χ1) is 6.13. The molecule has 0 radical (unpaired) electrons. The smallest absolute Gasteiger partial charge is 0.185 e. The van der Waals surface area contributed by atoms with Gasteiger partial charge in [0, 0.05) is 9.50 Å². The zero-order valence-corrected chi connectivity index (χ0v) is 9.63. The molecule has 0 atom stereocenters. The Kier molecular flexibility index (Phi) is 3.92. The van der Waals surface area contributed by atoms with E-state index in [1.165, 1.54) is 0 Å². The fourth-order valence-electron chi connectivity index (χ4n) is 0.752. The molecular formula is C7H7BrClN3S. The van der Waals surface area contributed by atoms with E-state index in [0.29, 0.717) is 10.1 Å². The molecule has 6 heteroatoms. The molecule has 70 valence electrons. The number of nitrogens with two attached hydrogens (primary N) is 1. The number of benzene rings is 1.